The largest absolute Gasteiger partial charge is 0.490 e. The van der Waals surface area contributed by atoms with Crippen molar-refractivity contribution in [2.45, 2.75) is 20.8 Å². The molecule has 0 aliphatic rings. The van der Waals surface area contributed by atoms with E-state index in [4.69, 9.17) is 14.2 Å². The molecule has 0 spiro atoms. The van der Waals surface area contributed by atoms with E-state index in [9.17, 15) is 25.0 Å². The van der Waals surface area contributed by atoms with Crippen LogP contribution >= 0.6 is 0 Å². The topological polar surface area (TPSA) is 129 Å². The summed E-state index contributed by atoms with van der Waals surface area (Å²) in [4.78, 5) is 34.7. The number of rotatable bonds is 8. The van der Waals surface area contributed by atoms with Crippen molar-refractivity contribution < 1.29 is 28.7 Å². The van der Waals surface area contributed by atoms with Gasteiger partial charge in [-0.05, 0) is 56.7 Å². The Balaban J connectivity index is 2.32. The third kappa shape index (κ3) is 5.90. The maximum atomic E-state index is 12.5. The number of aryl methyl sites for hydroxylation is 1. The van der Waals surface area contributed by atoms with Crippen LogP contribution in [0.1, 0.15) is 35.3 Å². The number of hydrogen-bond acceptors (Lipinski definition) is 8. The number of carbonyl (C=O) groups is 2. The minimum atomic E-state index is -0.744. The van der Waals surface area contributed by atoms with Crippen molar-refractivity contribution >= 4 is 23.7 Å². The molecule has 2 aromatic carbocycles. The lowest BCUT2D eigenvalue weighted by molar-refractivity contribution is -0.385. The van der Waals surface area contributed by atoms with Crippen LogP contribution in [0.4, 0.5) is 5.69 Å². The molecule has 0 bridgehead atoms. The maximum absolute atomic E-state index is 12.5. The molecule has 160 valence electrons. The molecule has 9 nitrogen and oxygen atoms in total. The summed E-state index contributed by atoms with van der Waals surface area (Å²) in [6, 6.07) is 10.2. The number of benzene rings is 2. The van der Waals surface area contributed by atoms with Gasteiger partial charge in [-0.2, -0.15) is 5.26 Å². The van der Waals surface area contributed by atoms with Crippen LogP contribution in [0.2, 0.25) is 0 Å². The Morgan fingerprint density at radius 2 is 1.87 bits per heavy atom. The van der Waals surface area contributed by atoms with Gasteiger partial charge in [0.15, 0.2) is 11.5 Å². The van der Waals surface area contributed by atoms with E-state index in [1.54, 1.807) is 26.0 Å². The highest BCUT2D eigenvalue weighted by Gasteiger charge is 2.18. The first kappa shape index (κ1) is 23.1. The van der Waals surface area contributed by atoms with Crippen LogP contribution in [-0.2, 0) is 9.53 Å². The smallest absolute Gasteiger partial charge is 0.348 e. The van der Waals surface area contributed by atoms with Crippen LogP contribution < -0.4 is 9.47 Å². The van der Waals surface area contributed by atoms with Crippen molar-refractivity contribution in [2.75, 3.05) is 13.2 Å². The molecule has 2 aromatic rings. The highest BCUT2D eigenvalue weighted by Crippen LogP contribution is 2.30. The summed E-state index contributed by atoms with van der Waals surface area (Å²) < 4.78 is 15.7. The predicted octanol–water partition coefficient (Wildman–Crippen LogP) is 3.99. The summed E-state index contributed by atoms with van der Waals surface area (Å²) in [5, 5.41) is 20.1. The first-order valence-electron chi connectivity index (χ1n) is 9.33. The molecule has 0 saturated carbocycles. The molecule has 0 atom stereocenters. The Morgan fingerprint density at radius 1 is 1.13 bits per heavy atom. The number of nitro benzene ring substituents is 1. The SMILES string of the molecule is CCOC(=O)/C(C#N)=C/c1ccc(OC(=O)c2ccc([N+](=O)[O-])c(C)c2)c(OCC)c1. The second kappa shape index (κ2) is 10.5. The van der Waals surface area contributed by atoms with Crippen molar-refractivity contribution in [3.05, 3.63) is 68.8 Å². The number of carbonyl (C=O) groups excluding carboxylic acids is 2. The summed E-state index contributed by atoms with van der Waals surface area (Å²) in [6.45, 7) is 5.32. The quantitative estimate of drug-likeness (QED) is 0.155. The summed E-state index contributed by atoms with van der Waals surface area (Å²) in [5.74, 6) is -1.11. The van der Waals surface area contributed by atoms with E-state index in [1.807, 2.05) is 0 Å². The van der Waals surface area contributed by atoms with E-state index < -0.39 is 16.9 Å². The molecular formula is C22H20N2O7. The van der Waals surface area contributed by atoms with Gasteiger partial charge in [-0.15, -0.1) is 0 Å². The lowest BCUT2D eigenvalue weighted by atomic mass is 10.1. The molecule has 0 radical (unpaired) electrons. The predicted molar refractivity (Wildman–Crippen MR) is 111 cm³/mol. The van der Waals surface area contributed by atoms with Gasteiger partial charge in [0.1, 0.15) is 11.6 Å². The normalized spacial score (nSPS) is 10.7. The van der Waals surface area contributed by atoms with Gasteiger partial charge in [0.2, 0.25) is 0 Å². The Labute approximate surface area is 178 Å². The second-order valence-electron chi connectivity index (χ2n) is 6.18. The van der Waals surface area contributed by atoms with Crippen LogP contribution in [0.3, 0.4) is 0 Å². The Kier molecular flexibility index (Phi) is 7.86. The van der Waals surface area contributed by atoms with E-state index >= 15 is 0 Å². The number of nitrogens with zero attached hydrogens (tertiary/aromatic N) is 2. The van der Waals surface area contributed by atoms with Crippen molar-refractivity contribution in [3.8, 4) is 17.6 Å². The monoisotopic (exact) mass is 424 g/mol. The molecule has 0 heterocycles. The molecule has 0 unspecified atom stereocenters. The van der Waals surface area contributed by atoms with Crippen LogP contribution in [0.5, 0.6) is 11.5 Å². The van der Waals surface area contributed by atoms with E-state index in [-0.39, 0.29) is 41.5 Å². The Hall–Kier alpha value is -4.19. The number of nitro groups is 1. The van der Waals surface area contributed by atoms with E-state index in [1.165, 1.54) is 43.3 Å². The van der Waals surface area contributed by atoms with Crippen molar-refractivity contribution in [2.24, 2.45) is 0 Å². The van der Waals surface area contributed by atoms with Gasteiger partial charge in [-0.3, -0.25) is 10.1 Å². The van der Waals surface area contributed by atoms with E-state index in [0.29, 0.717) is 11.1 Å². The van der Waals surface area contributed by atoms with Gasteiger partial charge in [-0.1, -0.05) is 6.07 Å². The highest BCUT2D eigenvalue weighted by molar-refractivity contribution is 5.98. The summed E-state index contributed by atoms with van der Waals surface area (Å²) in [6.07, 6.45) is 1.34. The van der Waals surface area contributed by atoms with Crippen molar-refractivity contribution in [1.29, 1.82) is 5.26 Å². The number of ether oxygens (including phenoxy) is 3. The van der Waals surface area contributed by atoms with Crippen LogP contribution in [0.25, 0.3) is 6.08 Å². The molecule has 0 aliphatic heterocycles. The van der Waals surface area contributed by atoms with Gasteiger partial charge >= 0.3 is 11.9 Å². The lowest BCUT2D eigenvalue weighted by Gasteiger charge is -2.12. The summed E-state index contributed by atoms with van der Waals surface area (Å²) >= 11 is 0. The van der Waals surface area contributed by atoms with Gasteiger partial charge in [0, 0.05) is 11.6 Å². The molecule has 0 saturated heterocycles. The number of nitriles is 1. The third-order valence-electron chi connectivity index (χ3n) is 4.03. The molecule has 2 rings (SSSR count). The first-order chi connectivity index (χ1) is 14.8. The van der Waals surface area contributed by atoms with Crippen LogP contribution in [-0.4, -0.2) is 30.1 Å². The minimum Gasteiger partial charge on any atom is -0.490 e. The van der Waals surface area contributed by atoms with Gasteiger partial charge in [-0.25, -0.2) is 9.59 Å². The fraction of sp³-hybridized carbons (Fsp3) is 0.227. The fourth-order valence-electron chi connectivity index (χ4n) is 2.63. The number of hydrogen-bond donors (Lipinski definition) is 0. The second-order valence-corrected chi connectivity index (χ2v) is 6.18. The van der Waals surface area contributed by atoms with Gasteiger partial charge in [0.05, 0.1) is 23.7 Å². The zero-order valence-corrected chi connectivity index (χ0v) is 17.2. The number of esters is 2. The summed E-state index contributed by atoms with van der Waals surface area (Å²) in [5.41, 5.74) is 0.656. The molecule has 31 heavy (non-hydrogen) atoms. The fourth-order valence-corrected chi connectivity index (χ4v) is 2.63. The molecule has 0 aliphatic carbocycles. The van der Waals surface area contributed by atoms with E-state index in [2.05, 4.69) is 0 Å². The zero-order chi connectivity index (χ0) is 23.0. The average molecular weight is 424 g/mol. The molecule has 0 fully saturated rings. The molecule has 9 heteroatoms. The zero-order valence-electron chi connectivity index (χ0n) is 17.2. The Morgan fingerprint density at radius 3 is 2.45 bits per heavy atom. The molecule has 0 aromatic heterocycles. The molecule has 0 N–H and O–H groups in total. The van der Waals surface area contributed by atoms with Gasteiger partial charge < -0.3 is 14.2 Å². The summed E-state index contributed by atoms with van der Waals surface area (Å²) in [7, 11) is 0. The van der Waals surface area contributed by atoms with Crippen LogP contribution in [0, 0.1) is 28.4 Å². The van der Waals surface area contributed by atoms with Crippen molar-refractivity contribution in [3.63, 3.8) is 0 Å². The third-order valence-corrected chi connectivity index (χ3v) is 4.03. The lowest BCUT2D eigenvalue weighted by Crippen LogP contribution is -2.10. The van der Waals surface area contributed by atoms with Gasteiger partial charge in [0.25, 0.3) is 5.69 Å². The highest BCUT2D eigenvalue weighted by atomic mass is 16.6. The maximum Gasteiger partial charge on any atom is 0.348 e. The van der Waals surface area contributed by atoms with Crippen molar-refractivity contribution in [1.82, 2.24) is 0 Å². The Bertz CT molecular complexity index is 1080. The van der Waals surface area contributed by atoms with E-state index in [0.717, 1.165) is 0 Å². The molecule has 0 amide bonds. The molecular weight excluding hydrogens is 404 g/mol. The minimum absolute atomic E-state index is 0.0995. The first-order valence-corrected chi connectivity index (χ1v) is 9.33. The average Bonchev–Trinajstić information content (AvgIpc) is 2.73. The standard InChI is InChI=1S/C22H20N2O7/c1-4-29-20-12-15(11-17(13-23)21(25)30-5-2)6-9-19(20)31-22(26)16-7-8-18(24(27)28)14(3)10-16/h6-12H,4-5H2,1-3H3/b17-11+. The van der Waals surface area contributed by atoms with Crippen LogP contribution in [0.15, 0.2) is 42.0 Å².